The molecule has 1 aromatic rings. The molecule has 0 spiro atoms. The maximum Gasteiger partial charge on any atom is 0.309 e. The van der Waals surface area contributed by atoms with E-state index in [0.717, 1.165) is 25.7 Å². The molecule has 21 heavy (non-hydrogen) atoms. The van der Waals surface area contributed by atoms with E-state index in [2.05, 4.69) is 10.6 Å². The number of aliphatic hydroxyl groups excluding tert-OH is 1. The van der Waals surface area contributed by atoms with E-state index >= 15 is 0 Å². The number of carbonyl (C=O) groups is 2. The molecule has 1 aromatic carbocycles. The molecule has 1 saturated carbocycles. The summed E-state index contributed by atoms with van der Waals surface area (Å²) in [5.41, 5.74) is 0.713. The highest BCUT2D eigenvalue weighted by atomic mass is 16.3. The largest absolute Gasteiger partial charge is 0.387 e. The van der Waals surface area contributed by atoms with Crippen LogP contribution in [-0.4, -0.2) is 29.5 Å². The summed E-state index contributed by atoms with van der Waals surface area (Å²) in [5, 5.41) is 15.1. The van der Waals surface area contributed by atoms with Gasteiger partial charge in [-0.1, -0.05) is 49.6 Å². The van der Waals surface area contributed by atoms with Gasteiger partial charge in [0, 0.05) is 12.6 Å². The van der Waals surface area contributed by atoms with Crippen LogP contribution < -0.4 is 10.6 Å². The summed E-state index contributed by atoms with van der Waals surface area (Å²) in [7, 11) is 0. The highest BCUT2D eigenvalue weighted by molar-refractivity contribution is 6.35. The molecule has 0 unspecified atom stereocenters. The Bertz CT molecular complexity index is 470. The van der Waals surface area contributed by atoms with Crippen molar-refractivity contribution in [2.24, 2.45) is 0 Å². The van der Waals surface area contributed by atoms with E-state index in [9.17, 15) is 14.7 Å². The summed E-state index contributed by atoms with van der Waals surface area (Å²) in [6, 6.07) is 9.15. The number of amides is 2. The molecule has 1 atom stereocenters. The lowest BCUT2D eigenvalue weighted by molar-refractivity contribution is -0.140. The summed E-state index contributed by atoms with van der Waals surface area (Å²) >= 11 is 0. The van der Waals surface area contributed by atoms with Crippen LogP contribution in [0.3, 0.4) is 0 Å². The van der Waals surface area contributed by atoms with Crippen molar-refractivity contribution >= 4 is 11.8 Å². The van der Waals surface area contributed by atoms with E-state index in [-0.39, 0.29) is 12.6 Å². The van der Waals surface area contributed by atoms with Gasteiger partial charge in [0.1, 0.15) is 0 Å². The Morgan fingerprint density at radius 3 is 2.43 bits per heavy atom. The Balaban J connectivity index is 1.74. The number of aliphatic hydroxyl groups is 1. The molecule has 0 aromatic heterocycles. The van der Waals surface area contributed by atoms with Crippen LogP contribution in [0.25, 0.3) is 0 Å². The van der Waals surface area contributed by atoms with E-state index < -0.39 is 17.9 Å². The topological polar surface area (TPSA) is 78.4 Å². The third-order valence-electron chi connectivity index (χ3n) is 3.79. The van der Waals surface area contributed by atoms with Gasteiger partial charge in [-0.15, -0.1) is 0 Å². The summed E-state index contributed by atoms with van der Waals surface area (Å²) in [6.45, 7) is 0.0287. The van der Waals surface area contributed by atoms with Crippen molar-refractivity contribution < 1.29 is 14.7 Å². The first-order valence-electron chi connectivity index (χ1n) is 7.48. The predicted molar refractivity (Wildman–Crippen MR) is 79.4 cm³/mol. The number of benzene rings is 1. The zero-order valence-corrected chi connectivity index (χ0v) is 12.0. The summed E-state index contributed by atoms with van der Waals surface area (Å²) < 4.78 is 0. The van der Waals surface area contributed by atoms with Gasteiger partial charge in [0.25, 0.3) is 0 Å². The molecular formula is C16H22N2O3. The highest BCUT2D eigenvalue weighted by Gasteiger charge is 2.20. The van der Waals surface area contributed by atoms with Crippen LogP contribution >= 0.6 is 0 Å². The average Bonchev–Trinajstić information content (AvgIpc) is 2.54. The molecule has 0 bridgehead atoms. The molecule has 2 rings (SSSR count). The molecule has 0 saturated heterocycles. The highest BCUT2D eigenvalue weighted by Crippen LogP contribution is 2.17. The zero-order chi connectivity index (χ0) is 15.1. The quantitative estimate of drug-likeness (QED) is 0.731. The molecule has 0 radical (unpaired) electrons. The second-order valence-electron chi connectivity index (χ2n) is 5.44. The molecule has 3 N–H and O–H groups in total. The fourth-order valence-corrected chi connectivity index (χ4v) is 2.56. The third kappa shape index (κ3) is 4.86. The van der Waals surface area contributed by atoms with Crippen molar-refractivity contribution in [3.63, 3.8) is 0 Å². The smallest absolute Gasteiger partial charge is 0.309 e. The Labute approximate surface area is 124 Å². The van der Waals surface area contributed by atoms with Gasteiger partial charge in [0.15, 0.2) is 0 Å². The molecule has 5 nitrogen and oxygen atoms in total. The van der Waals surface area contributed by atoms with Crippen molar-refractivity contribution in [1.82, 2.24) is 10.6 Å². The van der Waals surface area contributed by atoms with E-state index in [1.807, 2.05) is 18.2 Å². The van der Waals surface area contributed by atoms with E-state index in [4.69, 9.17) is 0 Å². The monoisotopic (exact) mass is 290 g/mol. The van der Waals surface area contributed by atoms with Gasteiger partial charge in [0.2, 0.25) is 0 Å². The summed E-state index contributed by atoms with van der Waals surface area (Å²) in [5.74, 6) is -1.29. The molecule has 114 valence electrons. The van der Waals surface area contributed by atoms with E-state index in [1.54, 1.807) is 12.1 Å². The van der Waals surface area contributed by atoms with Crippen molar-refractivity contribution in [2.75, 3.05) is 6.54 Å². The third-order valence-corrected chi connectivity index (χ3v) is 3.79. The molecular weight excluding hydrogens is 268 g/mol. The van der Waals surface area contributed by atoms with Crippen LogP contribution in [-0.2, 0) is 9.59 Å². The zero-order valence-electron chi connectivity index (χ0n) is 12.0. The van der Waals surface area contributed by atoms with Crippen molar-refractivity contribution in [2.45, 2.75) is 44.2 Å². The summed E-state index contributed by atoms with van der Waals surface area (Å²) in [4.78, 5) is 23.5. The summed E-state index contributed by atoms with van der Waals surface area (Å²) in [6.07, 6.45) is 4.45. The van der Waals surface area contributed by atoms with Gasteiger partial charge in [-0.05, 0) is 18.4 Å². The van der Waals surface area contributed by atoms with Crippen LogP contribution in [0.4, 0.5) is 0 Å². The van der Waals surface area contributed by atoms with Crippen LogP contribution in [0.1, 0.15) is 43.8 Å². The van der Waals surface area contributed by atoms with Gasteiger partial charge in [-0.3, -0.25) is 9.59 Å². The standard InChI is InChI=1S/C16H22N2O3/c19-14(12-7-3-1-4-8-12)11-17-15(20)16(21)18-13-9-5-2-6-10-13/h1,3-4,7-8,13-14,19H,2,5-6,9-11H2,(H,17,20)(H,18,21)/t14-/m0/s1. The Morgan fingerprint density at radius 1 is 1.10 bits per heavy atom. The molecule has 2 amide bonds. The van der Waals surface area contributed by atoms with Gasteiger partial charge >= 0.3 is 11.8 Å². The minimum Gasteiger partial charge on any atom is -0.387 e. The van der Waals surface area contributed by atoms with Crippen LogP contribution in [0.2, 0.25) is 0 Å². The van der Waals surface area contributed by atoms with Crippen LogP contribution in [0.5, 0.6) is 0 Å². The second kappa shape index (κ2) is 7.78. The molecule has 1 aliphatic carbocycles. The average molecular weight is 290 g/mol. The Hall–Kier alpha value is -1.88. The maximum absolute atomic E-state index is 11.8. The van der Waals surface area contributed by atoms with Gasteiger partial charge in [-0.2, -0.15) is 0 Å². The van der Waals surface area contributed by atoms with Gasteiger partial charge in [-0.25, -0.2) is 0 Å². The second-order valence-corrected chi connectivity index (χ2v) is 5.44. The first-order chi connectivity index (χ1) is 10.2. The number of rotatable bonds is 4. The van der Waals surface area contributed by atoms with Gasteiger partial charge in [0.05, 0.1) is 6.10 Å². The minimum atomic E-state index is -0.808. The normalized spacial score (nSPS) is 17.0. The number of nitrogens with one attached hydrogen (secondary N) is 2. The van der Waals surface area contributed by atoms with E-state index in [0.29, 0.717) is 5.56 Å². The van der Waals surface area contributed by atoms with Crippen molar-refractivity contribution in [1.29, 1.82) is 0 Å². The Kier molecular flexibility index (Phi) is 5.75. The molecule has 0 heterocycles. The number of hydrogen-bond acceptors (Lipinski definition) is 3. The number of hydrogen-bond donors (Lipinski definition) is 3. The molecule has 0 aliphatic heterocycles. The van der Waals surface area contributed by atoms with E-state index in [1.165, 1.54) is 6.42 Å². The van der Waals surface area contributed by atoms with Crippen molar-refractivity contribution in [3.8, 4) is 0 Å². The van der Waals surface area contributed by atoms with Gasteiger partial charge < -0.3 is 15.7 Å². The first-order valence-corrected chi connectivity index (χ1v) is 7.48. The number of carbonyl (C=O) groups excluding carboxylic acids is 2. The lowest BCUT2D eigenvalue weighted by Crippen LogP contribution is -2.46. The Morgan fingerprint density at radius 2 is 1.76 bits per heavy atom. The lowest BCUT2D eigenvalue weighted by Gasteiger charge is -2.22. The van der Waals surface area contributed by atoms with Crippen LogP contribution in [0, 0.1) is 0 Å². The SMILES string of the molecule is O=C(NC[C@H](O)c1ccccc1)C(=O)NC1CCCCC1. The minimum absolute atomic E-state index is 0.0287. The fraction of sp³-hybridized carbons (Fsp3) is 0.500. The van der Waals surface area contributed by atoms with Crippen LogP contribution in [0.15, 0.2) is 30.3 Å². The first kappa shape index (κ1) is 15.5. The fourth-order valence-electron chi connectivity index (χ4n) is 2.56. The lowest BCUT2D eigenvalue weighted by atomic mass is 9.95. The van der Waals surface area contributed by atoms with Crippen molar-refractivity contribution in [3.05, 3.63) is 35.9 Å². The predicted octanol–water partition coefficient (Wildman–Crippen LogP) is 1.29. The molecule has 5 heteroatoms. The molecule has 1 fully saturated rings. The molecule has 1 aliphatic rings. The maximum atomic E-state index is 11.8.